The third-order valence-corrected chi connectivity index (χ3v) is 3.17. The van der Waals surface area contributed by atoms with Crippen LogP contribution in [0.4, 0.5) is 11.5 Å². The van der Waals surface area contributed by atoms with Gasteiger partial charge in [-0.25, -0.2) is 9.97 Å². The zero-order valence-corrected chi connectivity index (χ0v) is 9.87. The van der Waals surface area contributed by atoms with Gasteiger partial charge in [0.05, 0.1) is 6.04 Å². The number of anilines is 2. The van der Waals surface area contributed by atoms with E-state index < -0.39 is 0 Å². The van der Waals surface area contributed by atoms with Gasteiger partial charge in [-0.1, -0.05) is 6.92 Å². The molecule has 0 radical (unpaired) electrons. The average Bonchev–Trinajstić information content (AvgIpc) is 2.79. The maximum Gasteiger partial charge on any atom is 0.125 e. The highest BCUT2D eigenvalue weighted by molar-refractivity contribution is 7.09. The summed E-state index contributed by atoms with van der Waals surface area (Å²) in [6.07, 6.45) is 4.51. The van der Waals surface area contributed by atoms with E-state index in [1.165, 1.54) is 0 Å². The molecule has 0 fully saturated rings. The van der Waals surface area contributed by atoms with Gasteiger partial charge in [0.15, 0.2) is 0 Å². The van der Waals surface area contributed by atoms with Crippen LogP contribution in [0.15, 0.2) is 29.9 Å². The second-order valence-electron chi connectivity index (χ2n) is 3.44. The number of hydrogen-bond donors (Lipinski definition) is 2. The lowest BCUT2D eigenvalue weighted by molar-refractivity contribution is 0.742. The van der Waals surface area contributed by atoms with Gasteiger partial charge in [-0.2, -0.15) is 0 Å². The van der Waals surface area contributed by atoms with Crippen LogP contribution in [0.1, 0.15) is 24.4 Å². The number of nitrogens with two attached hydrogens (primary N) is 1. The van der Waals surface area contributed by atoms with E-state index in [1.807, 2.05) is 23.7 Å². The molecule has 1 atom stereocenters. The van der Waals surface area contributed by atoms with Crippen molar-refractivity contribution >= 4 is 22.8 Å². The Labute approximate surface area is 98.6 Å². The highest BCUT2D eigenvalue weighted by Crippen LogP contribution is 2.24. The first kappa shape index (κ1) is 10.9. The zero-order valence-electron chi connectivity index (χ0n) is 9.05. The molecule has 0 aliphatic rings. The van der Waals surface area contributed by atoms with Crippen molar-refractivity contribution in [2.75, 3.05) is 11.1 Å². The quantitative estimate of drug-likeness (QED) is 0.853. The van der Waals surface area contributed by atoms with Crippen LogP contribution in [0.25, 0.3) is 0 Å². The van der Waals surface area contributed by atoms with Crippen molar-refractivity contribution in [2.45, 2.75) is 19.4 Å². The smallest absolute Gasteiger partial charge is 0.125 e. The number of thiazole rings is 1. The molecule has 0 aliphatic heterocycles. The molecule has 0 spiro atoms. The fourth-order valence-electron chi connectivity index (χ4n) is 1.48. The number of nitrogen functional groups attached to an aromatic ring is 1. The average molecular weight is 234 g/mol. The topological polar surface area (TPSA) is 63.8 Å². The minimum absolute atomic E-state index is 0.238. The molecule has 84 valence electrons. The van der Waals surface area contributed by atoms with Gasteiger partial charge in [-0.3, -0.25) is 0 Å². The van der Waals surface area contributed by atoms with Crippen molar-refractivity contribution in [3.05, 3.63) is 34.9 Å². The largest absolute Gasteiger partial charge is 0.384 e. The van der Waals surface area contributed by atoms with E-state index in [1.54, 1.807) is 17.5 Å². The maximum absolute atomic E-state index is 5.63. The van der Waals surface area contributed by atoms with Crippen LogP contribution in [0.3, 0.4) is 0 Å². The highest BCUT2D eigenvalue weighted by Gasteiger charge is 2.11. The van der Waals surface area contributed by atoms with Gasteiger partial charge in [0, 0.05) is 29.5 Å². The Balaban J connectivity index is 2.13. The SMILES string of the molecule is CCC(Nc1ccnc(N)c1)c1nccs1. The molecule has 1 unspecified atom stereocenters. The molecule has 2 aromatic heterocycles. The van der Waals surface area contributed by atoms with Crippen LogP contribution < -0.4 is 11.1 Å². The third-order valence-electron chi connectivity index (χ3n) is 2.28. The van der Waals surface area contributed by atoms with Gasteiger partial charge in [0.2, 0.25) is 0 Å². The fraction of sp³-hybridized carbons (Fsp3) is 0.273. The van der Waals surface area contributed by atoms with E-state index >= 15 is 0 Å². The molecule has 0 bridgehead atoms. The van der Waals surface area contributed by atoms with Crippen LogP contribution in [0.2, 0.25) is 0 Å². The molecular weight excluding hydrogens is 220 g/mol. The van der Waals surface area contributed by atoms with Crippen LogP contribution in [-0.4, -0.2) is 9.97 Å². The summed E-state index contributed by atoms with van der Waals surface area (Å²) in [5.74, 6) is 0.527. The van der Waals surface area contributed by atoms with E-state index in [9.17, 15) is 0 Å². The molecule has 0 aromatic carbocycles. The van der Waals surface area contributed by atoms with Crippen LogP contribution in [-0.2, 0) is 0 Å². The number of rotatable bonds is 4. The van der Waals surface area contributed by atoms with Crippen molar-refractivity contribution in [1.82, 2.24) is 9.97 Å². The Kier molecular flexibility index (Phi) is 3.36. The Morgan fingerprint density at radius 1 is 1.44 bits per heavy atom. The Bertz CT molecular complexity index is 441. The van der Waals surface area contributed by atoms with Gasteiger partial charge in [-0.15, -0.1) is 11.3 Å². The summed E-state index contributed by atoms with van der Waals surface area (Å²) in [5, 5.41) is 6.48. The monoisotopic (exact) mass is 234 g/mol. The number of aromatic nitrogens is 2. The standard InChI is InChI=1S/C11H14N4S/c1-2-9(11-14-5-6-16-11)15-8-3-4-13-10(12)7-8/h3-7,9H,2H2,1H3,(H3,12,13,15). The molecule has 3 N–H and O–H groups in total. The number of nitrogens with one attached hydrogen (secondary N) is 1. The number of pyridine rings is 1. The Hall–Kier alpha value is -1.62. The summed E-state index contributed by atoms with van der Waals surface area (Å²) in [5.41, 5.74) is 6.61. The summed E-state index contributed by atoms with van der Waals surface area (Å²) in [4.78, 5) is 8.28. The molecule has 0 saturated carbocycles. The van der Waals surface area contributed by atoms with Gasteiger partial charge in [0.25, 0.3) is 0 Å². The van der Waals surface area contributed by atoms with E-state index in [0.717, 1.165) is 17.1 Å². The molecule has 5 heteroatoms. The van der Waals surface area contributed by atoms with E-state index in [2.05, 4.69) is 22.2 Å². The molecule has 0 saturated heterocycles. The summed E-state index contributed by atoms with van der Waals surface area (Å²) >= 11 is 1.66. The molecule has 2 rings (SSSR count). The van der Waals surface area contributed by atoms with Gasteiger partial charge < -0.3 is 11.1 Å². The first-order chi connectivity index (χ1) is 7.79. The lowest BCUT2D eigenvalue weighted by atomic mass is 10.2. The molecule has 2 aromatic rings. The fourth-order valence-corrected chi connectivity index (χ4v) is 2.26. The van der Waals surface area contributed by atoms with E-state index in [0.29, 0.717) is 5.82 Å². The predicted molar refractivity (Wildman–Crippen MR) is 67.4 cm³/mol. The van der Waals surface area contributed by atoms with Crippen molar-refractivity contribution in [2.24, 2.45) is 0 Å². The number of nitrogens with zero attached hydrogens (tertiary/aromatic N) is 2. The van der Waals surface area contributed by atoms with Gasteiger partial charge >= 0.3 is 0 Å². The lowest BCUT2D eigenvalue weighted by Gasteiger charge is -2.15. The molecule has 0 amide bonds. The first-order valence-corrected chi connectivity index (χ1v) is 6.05. The minimum atomic E-state index is 0.238. The van der Waals surface area contributed by atoms with Crippen molar-refractivity contribution in [3.63, 3.8) is 0 Å². The Morgan fingerprint density at radius 3 is 2.94 bits per heavy atom. The second kappa shape index (κ2) is 4.94. The number of hydrogen-bond acceptors (Lipinski definition) is 5. The van der Waals surface area contributed by atoms with Crippen molar-refractivity contribution < 1.29 is 0 Å². The maximum atomic E-state index is 5.63. The van der Waals surface area contributed by atoms with Gasteiger partial charge in [0.1, 0.15) is 10.8 Å². The summed E-state index contributed by atoms with van der Waals surface area (Å²) < 4.78 is 0. The molecular formula is C11H14N4S. The first-order valence-electron chi connectivity index (χ1n) is 5.17. The highest BCUT2D eigenvalue weighted by atomic mass is 32.1. The minimum Gasteiger partial charge on any atom is -0.384 e. The zero-order chi connectivity index (χ0) is 11.4. The Morgan fingerprint density at radius 2 is 2.31 bits per heavy atom. The van der Waals surface area contributed by atoms with Crippen LogP contribution >= 0.6 is 11.3 Å². The van der Waals surface area contributed by atoms with E-state index in [4.69, 9.17) is 5.73 Å². The third kappa shape index (κ3) is 2.49. The van der Waals surface area contributed by atoms with Crippen molar-refractivity contribution in [1.29, 1.82) is 0 Å². The second-order valence-corrected chi connectivity index (χ2v) is 4.37. The predicted octanol–water partition coefficient (Wildman–Crippen LogP) is 2.68. The normalized spacial score (nSPS) is 12.3. The lowest BCUT2D eigenvalue weighted by Crippen LogP contribution is -2.09. The van der Waals surface area contributed by atoms with Crippen molar-refractivity contribution in [3.8, 4) is 0 Å². The summed E-state index contributed by atoms with van der Waals surface area (Å²) in [6, 6.07) is 3.98. The molecule has 2 heterocycles. The van der Waals surface area contributed by atoms with Gasteiger partial charge in [-0.05, 0) is 12.5 Å². The summed E-state index contributed by atoms with van der Waals surface area (Å²) in [7, 11) is 0. The molecule has 4 nitrogen and oxygen atoms in total. The van der Waals surface area contributed by atoms with Crippen LogP contribution in [0.5, 0.6) is 0 Å². The van der Waals surface area contributed by atoms with Crippen LogP contribution in [0, 0.1) is 0 Å². The molecule has 16 heavy (non-hydrogen) atoms. The molecule has 0 aliphatic carbocycles. The van der Waals surface area contributed by atoms with E-state index in [-0.39, 0.29) is 6.04 Å². The summed E-state index contributed by atoms with van der Waals surface area (Å²) in [6.45, 7) is 2.13.